The number of aliphatic hydroxyl groups excluding tert-OH is 1. The predicted octanol–water partition coefficient (Wildman–Crippen LogP) is 1.77. The second-order valence-corrected chi connectivity index (χ2v) is 6.00. The Kier molecular flexibility index (Phi) is 6.27. The Morgan fingerprint density at radius 3 is 2.32 bits per heavy atom. The van der Waals surface area contributed by atoms with Gasteiger partial charge in [-0.25, -0.2) is 0 Å². The van der Waals surface area contributed by atoms with Gasteiger partial charge >= 0.3 is 0 Å². The maximum atomic E-state index is 12.3. The molecule has 4 heteroatoms. The minimum absolute atomic E-state index is 0.121. The highest BCUT2D eigenvalue weighted by molar-refractivity contribution is 5.81. The van der Waals surface area contributed by atoms with E-state index in [4.69, 9.17) is 0 Å². The molecule has 1 aliphatic rings. The molecule has 1 fully saturated rings. The van der Waals surface area contributed by atoms with E-state index in [1.54, 1.807) is 0 Å². The maximum absolute atomic E-state index is 12.3. The van der Waals surface area contributed by atoms with Gasteiger partial charge in [0.1, 0.15) is 0 Å². The lowest BCUT2D eigenvalue weighted by Crippen LogP contribution is -2.58. The number of carbonyl (C=O) groups is 1. The lowest BCUT2D eigenvalue weighted by Gasteiger charge is -2.41. The molecule has 1 unspecified atom stereocenters. The zero-order chi connectivity index (χ0) is 14.5. The number of carbonyl (C=O) groups excluding carboxylic acids is 1. The van der Waals surface area contributed by atoms with Crippen molar-refractivity contribution in [3.63, 3.8) is 0 Å². The van der Waals surface area contributed by atoms with Gasteiger partial charge in [-0.1, -0.05) is 6.92 Å². The van der Waals surface area contributed by atoms with Crippen molar-refractivity contribution in [2.24, 2.45) is 5.92 Å². The Bertz CT molecular complexity index is 282. The molecule has 0 aliphatic heterocycles. The first-order valence-electron chi connectivity index (χ1n) is 7.65. The summed E-state index contributed by atoms with van der Waals surface area (Å²) in [6.45, 7) is 9.77. The normalized spacial score (nSPS) is 29.0. The maximum Gasteiger partial charge on any atom is 0.239 e. The first kappa shape index (κ1) is 16.4. The van der Waals surface area contributed by atoms with Crippen molar-refractivity contribution >= 4 is 5.91 Å². The molecule has 0 radical (unpaired) electrons. The van der Waals surface area contributed by atoms with Crippen LogP contribution >= 0.6 is 0 Å². The molecular formula is C15H30N2O2. The number of nitrogens with one attached hydrogen (secondary N) is 1. The summed E-state index contributed by atoms with van der Waals surface area (Å²) in [5.41, 5.74) is -0.255. The molecule has 0 aromatic heterocycles. The van der Waals surface area contributed by atoms with Gasteiger partial charge in [0.25, 0.3) is 0 Å². The van der Waals surface area contributed by atoms with Crippen LogP contribution in [0.1, 0.15) is 53.4 Å². The second kappa shape index (κ2) is 7.25. The van der Waals surface area contributed by atoms with Gasteiger partial charge < -0.3 is 10.0 Å². The standard InChI is InChI=1S/C15H30N2O2/c1-5-17(6-2)14(19)13(4)16-15(11-18)9-7-12(3)8-10-15/h12-13,16,18H,5-11H2,1-4H3. The average Bonchev–Trinajstić information content (AvgIpc) is 2.43. The van der Waals surface area contributed by atoms with Crippen LogP contribution in [0.5, 0.6) is 0 Å². The zero-order valence-corrected chi connectivity index (χ0v) is 12.9. The van der Waals surface area contributed by atoms with E-state index in [-0.39, 0.29) is 24.1 Å². The molecule has 1 amide bonds. The van der Waals surface area contributed by atoms with Crippen LogP contribution < -0.4 is 5.32 Å². The number of amides is 1. The summed E-state index contributed by atoms with van der Waals surface area (Å²) in [7, 11) is 0. The molecule has 19 heavy (non-hydrogen) atoms. The van der Waals surface area contributed by atoms with Crippen molar-refractivity contribution in [2.75, 3.05) is 19.7 Å². The molecule has 0 bridgehead atoms. The van der Waals surface area contributed by atoms with E-state index in [1.807, 2.05) is 25.7 Å². The van der Waals surface area contributed by atoms with Gasteiger partial charge in [0.05, 0.1) is 12.6 Å². The molecule has 0 spiro atoms. The van der Waals surface area contributed by atoms with Crippen LogP contribution in [0, 0.1) is 5.92 Å². The molecule has 0 aromatic carbocycles. The fourth-order valence-electron chi connectivity index (χ4n) is 2.99. The van der Waals surface area contributed by atoms with Crippen molar-refractivity contribution in [1.29, 1.82) is 0 Å². The molecule has 1 atom stereocenters. The second-order valence-electron chi connectivity index (χ2n) is 6.00. The third kappa shape index (κ3) is 4.18. The van der Waals surface area contributed by atoms with Crippen LogP contribution in [0.4, 0.5) is 0 Å². The Balaban J connectivity index is 2.62. The highest BCUT2D eigenvalue weighted by Crippen LogP contribution is 2.32. The number of aliphatic hydroxyl groups is 1. The summed E-state index contributed by atoms with van der Waals surface area (Å²) < 4.78 is 0. The molecule has 112 valence electrons. The van der Waals surface area contributed by atoms with Crippen molar-refractivity contribution in [2.45, 2.75) is 65.0 Å². The van der Waals surface area contributed by atoms with Gasteiger partial charge in [-0.05, 0) is 52.4 Å². The number of rotatable bonds is 6. The van der Waals surface area contributed by atoms with Gasteiger partial charge in [0.2, 0.25) is 5.91 Å². The molecule has 0 aromatic rings. The lowest BCUT2D eigenvalue weighted by molar-refractivity contribution is -0.133. The highest BCUT2D eigenvalue weighted by Gasteiger charge is 2.36. The van der Waals surface area contributed by atoms with Crippen LogP contribution in [-0.2, 0) is 4.79 Å². The zero-order valence-electron chi connectivity index (χ0n) is 12.9. The fraction of sp³-hybridized carbons (Fsp3) is 0.933. The Hall–Kier alpha value is -0.610. The Morgan fingerprint density at radius 1 is 1.37 bits per heavy atom. The summed E-state index contributed by atoms with van der Waals surface area (Å²) in [5.74, 6) is 0.867. The topological polar surface area (TPSA) is 52.6 Å². The van der Waals surface area contributed by atoms with E-state index in [1.165, 1.54) is 0 Å². The molecular weight excluding hydrogens is 240 g/mol. The minimum atomic E-state index is -0.255. The van der Waals surface area contributed by atoms with Crippen LogP contribution in [-0.4, -0.2) is 47.2 Å². The van der Waals surface area contributed by atoms with E-state index in [0.717, 1.165) is 44.7 Å². The number of nitrogens with zero attached hydrogens (tertiary/aromatic N) is 1. The fourth-order valence-corrected chi connectivity index (χ4v) is 2.99. The summed E-state index contributed by atoms with van der Waals surface area (Å²) in [6.07, 6.45) is 4.17. The smallest absolute Gasteiger partial charge is 0.239 e. The van der Waals surface area contributed by atoms with Crippen LogP contribution in [0.2, 0.25) is 0 Å². The highest BCUT2D eigenvalue weighted by atomic mass is 16.3. The Labute approximate surface area is 117 Å². The average molecular weight is 270 g/mol. The van der Waals surface area contributed by atoms with Crippen molar-refractivity contribution in [3.8, 4) is 0 Å². The molecule has 0 saturated heterocycles. The van der Waals surface area contributed by atoms with E-state index < -0.39 is 0 Å². The number of likely N-dealkylation sites (N-methyl/N-ethyl adjacent to an activating group) is 1. The van der Waals surface area contributed by atoms with Gasteiger partial charge in [-0.15, -0.1) is 0 Å². The largest absolute Gasteiger partial charge is 0.394 e. The van der Waals surface area contributed by atoms with E-state index in [0.29, 0.717) is 0 Å². The monoisotopic (exact) mass is 270 g/mol. The van der Waals surface area contributed by atoms with Gasteiger partial charge in [0.15, 0.2) is 0 Å². The summed E-state index contributed by atoms with van der Waals surface area (Å²) >= 11 is 0. The molecule has 1 aliphatic carbocycles. The molecule has 4 nitrogen and oxygen atoms in total. The first-order chi connectivity index (χ1) is 8.98. The SMILES string of the molecule is CCN(CC)C(=O)C(C)NC1(CO)CCC(C)CC1. The number of hydrogen-bond acceptors (Lipinski definition) is 3. The Morgan fingerprint density at radius 2 is 1.89 bits per heavy atom. The third-order valence-electron chi connectivity index (χ3n) is 4.50. The molecule has 0 heterocycles. The number of hydrogen-bond donors (Lipinski definition) is 2. The van der Waals surface area contributed by atoms with Crippen LogP contribution in [0.25, 0.3) is 0 Å². The molecule has 2 N–H and O–H groups in total. The summed E-state index contributed by atoms with van der Waals surface area (Å²) in [6, 6.07) is -0.222. The predicted molar refractivity (Wildman–Crippen MR) is 78.0 cm³/mol. The van der Waals surface area contributed by atoms with Crippen molar-refractivity contribution in [1.82, 2.24) is 10.2 Å². The van der Waals surface area contributed by atoms with E-state index in [9.17, 15) is 9.90 Å². The summed E-state index contributed by atoms with van der Waals surface area (Å²) in [5, 5.41) is 13.1. The van der Waals surface area contributed by atoms with E-state index in [2.05, 4.69) is 12.2 Å². The third-order valence-corrected chi connectivity index (χ3v) is 4.50. The van der Waals surface area contributed by atoms with Crippen LogP contribution in [0.3, 0.4) is 0 Å². The summed E-state index contributed by atoms with van der Waals surface area (Å²) in [4.78, 5) is 14.1. The first-order valence-corrected chi connectivity index (χ1v) is 7.65. The van der Waals surface area contributed by atoms with Gasteiger partial charge in [0, 0.05) is 18.6 Å². The van der Waals surface area contributed by atoms with Crippen molar-refractivity contribution in [3.05, 3.63) is 0 Å². The quantitative estimate of drug-likeness (QED) is 0.773. The lowest BCUT2D eigenvalue weighted by atomic mass is 9.77. The van der Waals surface area contributed by atoms with Gasteiger partial charge in [-0.3, -0.25) is 10.1 Å². The molecule has 1 saturated carbocycles. The molecule has 1 rings (SSSR count). The van der Waals surface area contributed by atoms with Crippen LogP contribution in [0.15, 0.2) is 0 Å². The van der Waals surface area contributed by atoms with Crippen molar-refractivity contribution < 1.29 is 9.90 Å². The minimum Gasteiger partial charge on any atom is -0.394 e. The van der Waals surface area contributed by atoms with Gasteiger partial charge in [-0.2, -0.15) is 0 Å². The van der Waals surface area contributed by atoms with E-state index >= 15 is 0 Å².